The van der Waals surface area contributed by atoms with Crippen molar-refractivity contribution in [2.45, 2.75) is 0 Å². The maximum absolute atomic E-state index is 6.33. The van der Waals surface area contributed by atoms with Crippen molar-refractivity contribution < 1.29 is 4.42 Å². The monoisotopic (exact) mass is 560 g/mol. The molecule has 0 bridgehead atoms. The quantitative estimate of drug-likeness (QED) is 0.201. The van der Waals surface area contributed by atoms with E-state index in [1.165, 1.54) is 43.4 Å². The van der Waals surface area contributed by atoms with Gasteiger partial charge in [-0.2, -0.15) is 0 Å². The molecule has 0 N–H and O–H groups in total. The first-order valence-corrected chi connectivity index (χ1v) is 15.0. The third-order valence-corrected chi connectivity index (χ3v) is 9.22. The van der Waals surface area contributed by atoms with Crippen molar-refractivity contribution in [2.24, 2.45) is 0 Å². The second-order valence-electron chi connectivity index (χ2n) is 11.6. The summed E-state index contributed by atoms with van der Waals surface area (Å²) in [4.78, 5) is 4.95. The Hall–Kier alpha value is -5.93. The molecule has 0 aliphatic heterocycles. The first-order valence-electron chi connectivity index (χ1n) is 15.0. The van der Waals surface area contributed by atoms with E-state index in [9.17, 15) is 0 Å². The number of hydrogen-bond donors (Lipinski definition) is 0. The summed E-state index contributed by atoms with van der Waals surface area (Å²) in [5, 5.41) is 9.90. The van der Waals surface area contributed by atoms with E-state index in [0.717, 1.165) is 50.0 Å². The van der Waals surface area contributed by atoms with E-state index in [0.29, 0.717) is 0 Å². The molecule has 0 radical (unpaired) electrons. The Labute approximate surface area is 252 Å². The molecule has 0 spiro atoms. The zero-order valence-corrected chi connectivity index (χ0v) is 23.7. The number of benzene rings is 7. The lowest BCUT2D eigenvalue weighted by Crippen LogP contribution is -1.89. The predicted molar refractivity (Wildman–Crippen MR) is 182 cm³/mol. The number of imidazole rings is 1. The van der Waals surface area contributed by atoms with Crippen molar-refractivity contribution in [1.82, 2.24) is 9.38 Å². The highest BCUT2D eigenvalue weighted by molar-refractivity contribution is 6.27. The average Bonchev–Trinajstić information content (AvgIpc) is 3.69. The molecule has 0 aliphatic carbocycles. The van der Waals surface area contributed by atoms with E-state index in [-0.39, 0.29) is 0 Å². The van der Waals surface area contributed by atoms with Crippen LogP contribution in [0.1, 0.15) is 0 Å². The maximum atomic E-state index is 6.33. The topological polar surface area (TPSA) is 30.4 Å². The lowest BCUT2D eigenvalue weighted by Gasteiger charge is -2.16. The number of nitrogens with zero attached hydrogens (tertiary/aromatic N) is 2. The molecule has 10 aromatic rings. The van der Waals surface area contributed by atoms with Crippen LogP contribution in [-0.2, 0) is 0 Å². The third-order valence-electron chi connectivity index (χ3n) is 9.22. The summed E-state index contributed by atoms with van der Waals surface area (Å²) < 4.78 is 8.42. The van der Waals surface area contributed by atoms with Crippen molar-refractivity contribution in [1.29, 1.82) is 0 Å². The van der Waals surface area contributed by atoms with Crippen LogP contribution in [0.3, 0.4) is 0 Å². The van der Waals surface area contributed by atoms with Gasteiger partial charge in [0, 0.05) is 34.3 Å². The standard InChI is InChI=1S/C41H24N2O/c1-2-9-37-32(6-1)35-8-5-7-30(41(35)44-37)26-13-11-25(12-14-26)29-19-15-27-18-22-34-31(36-24-43-23-4-3-10-38(43)42-36)20-16-28-17-21-33(29)39(27)40(28)34/h1-24H. The van der Waals surface area contributed by atoms with Crippen molar-refractivity contribution in [3.63, 3.8) is 0 Å². The van der Waals surface area contributed by atoms with Gasteiger partial charge in [0.2, 0.25) is 0 Å². The lowest BCUT2D eigenvalue weighted by molar-refractivity contribution is 0.670. The minimum absolute atomic E-state index is 0.921. The van der Waals surface area contributed by atoms with Gasteiger partial charge in [0.05, 0.1) is 5.69 Å². The van der Waals surface area contributed by atoms with Crippen LogP contribution in [0.5, 0.6) is 0 Å². The van der Waals surface area contributed by atoms with Gasteiger partial charge in [0.15, 0.2) is 0 Å². The van der Waals surface area contributed by atoms with Crippen molar-refractivity contribution in [3.05, 3.63) is 146 Å². The summed E-state index contributed by atoms with van der Waals surface area (Å²) in [6.07, 6.45) is 4.18. The first kappa shape index (κ1) is 23.6. The molecule has 0 aliphatic rings. The molecular formula is C41H24N2O. The Bertz CT molecular complexity index is 2680. The van der Waals surface area contributed by atoms with Crippen LogP contribution in [0.4, 0.5) is 0 Å². The molecule has 204 valence electrons. The Morgan fingerprint density at radius 2 is 1.14 bits per heavy atom. The van der Waals surface area contributed by atoms with Crippen molar-refractivity contribution in [3.8, 4) is 33.5 Å². The molecule has 10 rings (SSSR count). The van der Waals surface area contributed by atoms with Crippen LogP contribution in [0.25, 0.3) is 93.4 Å². The minimum Gasteiger partial charge on any atom is -0.455 e. The second-order valence-corrected chi connectivity index (χ2v) is 11.6. The van der Waals surface area contributed by atoms with Gasteiger partial charge in [0.1, 0.15) is 16.8 Å². The summed E-state index contributed by atoms with van der Waals surface area (Å²) in [5.41, 5.74) is 9.65. The predicted octanol–water partition coefficient (Wildman–Crippen LogP) is 11.1. The van der Waals surface area contributed by atoms with Crippen LogP contribution in [0.15, 0.2) is 150 Å². The number of hydrogen-bond acceptors (Lipinski definition) is 2. The molecule has 0 saturated carbocycles. The molecule has 44 heavy (non-hydrogen) atoms. The summed E-state index contributed by atoms with van der Waals surface area (Å²) in [6, 6.07) is 47.7. The number of aromatic nitrogens is 2. The zero-order chi connectivity index (χ0) is 28.8. The van der Waals surface area contributed by atoms with Gasteiger partial charge in [-0.3, -0.25) is 0 Å². The smallest absolute Gasteiger partial charge is 0.143 e. The lowest BCUT2D eigenvalue weighted by atomic mass is 9.88. The number of para-hydroxylation sites is 2. The highest BCUT2D eigenvalue weighted by Crippen LogP contribution is 2.43. The van der Waals surface area contributed by atoms with Crippen molar-refractivity contribution >= 4 is 59.9 Å². The molecule has 0 fully saturated rings. The molecule has 0 atom stereocenters. The zero-order valence-electron chi connectivity index (χ0n) is 23.7. The van der Waals surface area contributed by atoms with Gasteiger partial charge in [-0.15, -0.1) is 0 Å². The highest BCUT2D eigenvalue weighted by atomic mass is 16.3. The fourth-order valence-electron chi connectivity index (χ4n) is 7.14. The Balaban J connectivity index is 1.13. The Morgan fingerprint density at radius 1 is 0.477 bits per heavy atom. The van der Waals surface area contributed by atoms with Crippen LogP contribution >= 0.6 is 0 Å². The minimum atomic E-state index is 0.921. The van der Waals surface area contributed by atoms with Gasteiger partial charge in [0.25, 0.3) is 0 Å². The summed E-state index contributed by atoms with van der Waals surface area (Å²) in [5.74, 6) is 0. The number of rotatable bonds is 3. The number of fused-ring (bicyclic) bond motifs is 4. The normalized spacial score (nSPS) is 12.1. The Morgan fingerprint density at radius 3 is 1.93 bits per heavy atom. The molecule has 0 amide bonds. The molecule has 7 aromatic carbocycles. The van der Waals surface area contributed by atoms with Gasteiger partial charge in [-0.25, -0.2) is 4.98 Å². The van der Waals surface area contributed by atoms with Crippen molar-refractivity contribution in [2.75, 3.05) is 0 Å². The first-order chi connectivity index (χ1) is 21.8. The Kier molecular flexibility index (Phi) is 4.72. The van der Waals surface area contributed by atoms with E-state index >= 15 is 0 Å². The largest absolute Gasteiger partial charge is 0.455 e. The SMILES string of the molecule is c1ccc2c(c1)oc1c(-c3ccc(-c4ccc5ccc6c(-c7cn8ccccc8n7)ccc7ccc4c5c76)cc3)cccc12. The summed E-state index contributed by atoms with van der Waals surface area (Å²) in [6.45, 7) is 0. The van der Waals surface area contributed by atoms with E-state index in [2.05, 4.69) is 120 Å². The molecular weight excluding hydrogens is 536 g/mol. The van der Waals surface area contributed by atoms with E-state index < -0.39 is 0 Å². The van der Waals surface area contributed by atoms with Crippen LogP contribution in [0.2, 0.25) is 0 Å². The van der Waals surface area contributed by atoms with Gasteiger partial charge in [-0.05, 0) is 67.2 Å². The fraction of sp³-hybridized carbons (Fsp3) is 0. The van der Waals surface area contributed by atoms with E-state index in [1.807, 2.05) is 30.3 Å². The molecule has 3 nitrogen and oxygen atoms in total. The third kappa shape index (κ3) is 3.29. The number of pyridine rings is 1. The molecule has 3 heterocycles. The highest BCUT2D eigenvalue weighted by Gasteiger charge is 2.17. The molecule has 0 saturated heterocycles. The van der Waals surface area contributed by atoms with Gasteiger partial charge < -0.3 is 8.82 Å². The van der Waals surface area contributed by atoms with Gasteiger partial charge in [-0.1, -0.05) is 115 Å². The van der Waals surface area contributed by atoms with E-state index in [1.54, 1.807) is 0 Å². The van der Waals surface area contributed by atoms with Gasteiger partial charge >= 0.3 is 0 Å². The average molecular weight is 561 g/mol. The fourth-order valence-corrected chi connectivity index (χ4v) is 7.14. The second kappa shape index (κ2) is 8.79. The van der Waals surface area contributed by atoms with Crippen LogP contribution < -0.4 is 0 Å². The number of furan rings is 1. The maximum Gasteiger partial charge on any atom is 0.143 e. The molecule has 3 aromatic heterocycles. The molecule has 3 heteroatoms. The molecule has 0 unspecified atom stereocenters. The van der Waals surface area contributed by atoms with Crippen LogP contribution in [0, 0.1) is 0 Å². The summed E-state index contributed by atoms with van der Waals surface area (Å²) in [7, 11) is 0. The van der Waals surface area contributed by atoms with Crippen LogP contribution in [-0.4, -0.2) is 9.38 Å². The van der Waals surface area contributed by atoms with E-state index in [4.69, 9.17) is 9.40 Å². The summed E-state index contributed by atoms with van der Waals surface area (Å²) >= 11 is 0.